The average Bonchev–Trinajstić information content (AvgIpc) is 2.54. The summed E-state index contributed by atoms with van der Waals surface area (Å²) in [5, 5.41) is 35.9. The molecule has 0 unspecified atom stereocenters. The predicted octanol–water partition coefficient (Wildman–Crippen LogP) is -4.75. The van der Waals surface area contributed by atoms with Gasteiger partial charge >= 0.3 is 185 Å². The van der Waals surface area contributed by atoms with Crippen LogP contribution in [-0.2, 0) is 24.0 Å². The molecule has 12 nitrogen and oxygen atoms in total. The van der Waals surface area contributed by atoms with Crippen molar-refractivity contribution in [3.05, 3.63) is 0 Å². The molecule has 0 atom stereocenters. The fourth-order valence-corrected chi connectivity index (χ4v) is 4.55. The second kappa shape index (κ2) is 15.0. The van der Waals surface area contributed by atoms with E-state index in [0.29, 0.717) is 0 Å². The summed E-state index contributed by atoms with van der Waals surface area (Å²) < 4.78 is 0.227. The molecule has 0 bridgehead atoms. The van der Waals surface area contributed by atoms with Crippen LogP contribution in [-0.4, -0.2) is 126 Å². The van der Waals surface area contributed by atoms with E-state index < -0.39 is 58.2 Å². The summed E-state index contributed by atoms with van der Waals surface area (Å²) in [6.45, 7) is 2.37. The molecule has 174 valence electrons. The SMILES string of the molecule is CC(C)[I-]C(=O)CN(CCN(CCN(CC(=O)O)CC(=O)O)CC(=O)O)CC(=O)O. The fraction of sp³-hybridized carbons (Fsp3) is 0.706. The van der Waals surface area contributed by atoms with E-state index in [9.17, 15) is 24.0 Å². The Hall–Kier alpha value is -1.84. The van der Waals surface area contributed by atoms with Gasteiger partial charge in [-0.25, -0.2) is 0 Å². The Labute approximate surface area is 184 Å². The summed E-state index contributed by atoms with van der Waals surface area (Å²) in [6, 6.07) is 0. The molecule has 0 aliphatic heterocycles. The summed E-state index contributed by atoms with van der Waals surface area (Å²) in [6.07, 6.45) is 0. The van der Waals surface area contributed by atoms with Gasteiger partial charge in [-0.2, -0.15) is 0 Å². The molecule has 0 amide bonds. The van der Waals surface area contributed by atoms with Crippen molar-refractivity contribution < 1.29 is 65.6 Å². The van der Waals surface area contributed by atoms with Crippen molar-refractivity contribution in [2.45, 2.75) is 17.8 Å². The second-order valence-electron chi connectivity index (χ2n) is 6.75. The summed E-state index contributed by atoms with van der Waals surface area (Å²) in [5.74, 6) is -4.66. The Bertz CT molecular complexity index is 599. The van der Waals surface area contributed by atoms with E-state index in [-0.39, 0.29) is 53.5 Å². The van der Waals surface area contributed by atoms with Crippen LogP contribution in [0, 0.1) is 0 Å². The van der Waals surface area contributed by atoms with Gasteiger partial charge in [0.2, 0.25) is 0 Å². The maximum absolute atomic E-state index is 12.1. The molecule has 0 aliphatic rings. The number of carboxylic acids is 4. The van der Waals surface area contributed by atoms with Crippen LogP contribution in [0.25, 0.3) is 0 Å². The van der Waals surface area contributed by atoms with E-state index in [1.165, 1.54) is 9.80 Å². The van der Waals surface area contributed by atoms with Crippen molar-refractivity contribution >= 4 is 27.7 Å². The zero-order valence-corrected chi connectivity index (χ0v) is 19.1. The van der Waals surface area contributed by atoms with Crippen molar-refractivity contribution in [1.82, 2.24) is 14.7 Å². The zero-order valence-electron chi connectivity index (χ0n) is 17.0. The first-order chi connectivity index (χ1) is 13.9. The predicted molar refractivity (Wildman–Crippen MR) is 100 cm³/mol. The standard InChI is InChI=1S/C17H29IN3O9/c1-12(2)18-13(22)7-20(9-15(25)26)5-3-19(8-14(23)24)4-6-21(10-16(27)28)11-17(29)30/h12H,3-11H2,1-2H3,(H,23,24)(H,25,26)(H,27,28)(H,29,30)/q-1. The molecule has 0 aromatic rings. The molecule has 0 saturated carbocycles. The Morgan fingerprint density at radius 1 is 0.600 bits per heavy atom. The van der Waals surface area contributed by atoms with Gasteiger partial charge in [-0.3, -0.25) is 0 Å². The number of carbonyl (C=O) groups is 5. The van der Waals surface area contributed by atoms with E-state index in [0.717, 1.165) is 4.90 Å². The Balaban J connectivity index is 4.97. The number of hydrogen-bond donors (Lipinski definition) is 4. The first-order valence-electron chi connectivity index (χ1n) is 9.09. The van der Waals surface area contributed by atoms with Gasteiger partial charge in [-0.05, 0) is 0 Å². The summed E-state index contributed by atoms with van der Waals surface area (Å²) in [5.41, 5.74) is 0. The molecule has 30 heavy (non-hydrogen) atoms. The molecule has 4 N–H and O–H groups in total. The minimum absolute atomic E-state index is 0.00255. The number of halogens is 1. The van der Waals surface area contributed by atoms with Crippen LogP contribution in [0.5, 0.6) is 0 Å². The van der Waals surface area contributed by atoms with Gasteiger partial charge in [0, 0.05) is 0 Å². The number of carboxylic acid groups (broad SMARTS) is 4. The number of rotatable bonds is 18. The molecule has 0 aromatic heterocycles. The average molecular weight is 546 g/mol. The summed E-state index contributed by atoms with van der Waals surface area (Å²) in [4.78, 5) is 60.1. The summed E-state index contributed by atoms with van der Waals surface area (Å²) >= 11 is -0.731. The number of aliphatic carboxylic acids is 4. The number of hydrogen-bond acceptors (Lipinski definition) is 8. The molecule has 0 spiro atoms. The number of alkyl halides is 1. The molecule has 0 saturated heterocycles. The molecule has 13 heteroatoms. The van der Waals surface area contributed by atoms with Crippen LogP contribution in [0.3, 0.4) is 0 Å². The van der Waals surface area contributed by atoms with Gasteiger partial charge in [0.1, 0.15) is 0 Å². The van der Waals surface area contributed by atoms with E-state index in [2.05, 4.69) is 0 Å². The maximum atomic E-state index is 12.1. The molecule has 0 rings (SSSR count). The van der Waals surface area contributed by atoms with Crippen LogP contribution in [0.1, 0.15) is 13.8 Å². The van der Waals surface area contributed by atoms with Gasteiger partial charge in [0.05, 0.1) is 0 Å². The van der Waals surface area contributed by atoms with Crippen LogP contribution >= 0.6 is 0 Å². The van der Waals surface area contributed by atoms with E-state index in [4.69, 9.17) is 20.4 Å². The number of nitrogens with zero attached hydrogens (tertiary/aromatic N) is 3. The van der Waals surface area contributed by atoms with Crippen LogP contribution < -0.4 is 21.2 Å². The van der Waals surface area contributed by atoms with Crippen LogP contribution in [0.2, 0.25) is 0 Å². The van der Waals surface area contributed by atoms with Crippen molar-refractivity contribution in [2.75, 3.05) is 58.9 Å². The number of carbonyl (C=O) groups excluding carboxylic acids is 1. The molecular formula is C17H29IN3O9-. The molecule has 0 heterocycles. The van der Waals surface area contributed by atoms with Crippen molar-refractivity contribution in [1.29, 1.82) is 0 Å². The summed E-state index contributed by atoms with van der Waals surface area (Å²) in [7, 11) is 0. The third kappa shape index (κ3) is 16.0. The zero-order chi connectivity index (χ0) is 23.3. The van der Waals surface area contributed by atoms with Gasteiger partial charge in [0.25, 0.3) is 0 Å². The molecule has 0 radical (unpaired) electrons. The minimum atomic E-state index is -1.21. The van der Waals surface area contributed by atoms with Crippen molar-refractivity contribution in [2.24, 2.45) is 0 Å². The Morgan fingerprint density at radius 2 is 0.900 bits per heavy atom. The van der Waals surface area contributed by atoms with Crippen LogP contribution in [0.4, 0.5) is 0 Å². The molecular weight excluding hydrogens is 517 g/mol. The van der Waals surface area contributed by atoms with Gasteiger partial charge in [0.15, 0.2) is 0 Å². The van der Waals surface area contributed by atoms with Crippen molar-refractivity contribution in [3.8, 4) is 0 Å². The Morgan fingerprint density at radius 3 is 1.23 bits per heavy atom. The van der Waals surface area contributed by atoms with Crippen molar-refractivity contribution in [3.63, 3.8) is 0 Å². The van der Waals surface area contributed by atoms with Crippen LogP contribution in [0.15, 0.2) is 0 Å². The fourth-order valence-electron chi connectivity index (χ4n) is 2.48. The third-order valence-corrected chi connectivity index (χ3v) is 5.87. The first kappa shape index (κ1) is 28.2. The monoisotopic (exact) mass is 546 g/mol. The second-order valence-corrected chi connectivity index (χ2v) is 11.1. The van der Waals surface area contributed by atoms with Gasteiger partial charge < -0.3 is 0 Å². The van der Waals surface area contributed by atoms with E-state index in [1.54, 1.807) is 0 Å². The topological polar surface area (TPSA) is 176 Å². The normalized spacial score (nSPS) is 11.5. The quantitative estimate of drug-likeness (QED) is 0.0735. The molecule has 0 fully saturated rings. The van der Waals surface area contributed by atoms with Gasteiger partial charge in [-0.15, -0.1) is 0 Å². The first-order valence-corrected chi connectivity index (χ1v) is 11.4. The van der Waals surface area contributed by atoms with E-state index in [1.807, 2.05) is 13.8 Å². The Kier molecular flexibility index (Phi) is 14.1. The third-order valence-electron chi connectivity index (χ3n) is 3.59. The van der Waals surface area contributed by atoms with Gasteiger partial charge in [-0.1, -0.05) is 0 Å². The molecule has 0 aromatic carbocycles. The van der Waals surface area contributed by atoms with E-state index >= 15 is 0 Å². The molecule has 0 aliphatic carbocycles.